The number of piperidine rings is 3. The summed E-state index contributed by atoms with van der Waals surface area (Å²) in [7, 11) is 0. The number of hydrogen-bond donors (Lipinski definition) is 2. The number of hydrogen-bond acceptors (Lipinski definition) is 9. The van der Waals surface area contributed by atoms with Crippen molar-refractivity contribution in [1.82, 2.24) is 15.1 Å². The molecule has 4 amide bonds. The van der Waals surface area contributed by atoms with E-state index < -0.39 is 29.9 Å². The Labute approximate surface area is 327 Å². The second kappa shape index (κ2) is 16.7. The average Bonchev–Trinajstić information content (AvgIpc) is 3.45. The third-order valence-corrected chi connectivity index (χ3v) is 12.2. The first kappa shape index (κ1) is 38.8. The highest BCUT2D eigenvalue weighted by Gasteiger charge is 2.45. The van der Waals surface area contributed by atoms with Gasteiger partial charge in [0.05, 0.1) is 23.6 Å². The lowest BCUT2D eigenvalue weighted by atomic mass is 9.78. The summed E-state index contributed by atoms with van der Waals surface area (Å²) in [5, 5.41) is 11.9. The van der Waals surface area contributed by atoms with Crippen molar-refractivity contribution in [2.45, 2.75) is 69.9 Å². The number of ether oxygens (including phenoxy) is 2. The molecule has 2 atom stereocenters. The van der Waals surface area contributed by atoms with Crippen molar-refractivity contribution in [3.8, 4) is 11.5 Å². The van der Waals surface area contributed by atoms with Gasteiger partial charge in [0.25, 0.3) is 11.8 Å². The molecule has 11 nitrogen and oxygen atoms in total. The zero-order valence-electron chi connectivity index (χ0n) is 31.7. The van der Waals surface area contributed by atoms with Gasteiger partial charge in [-0.15, -0.1) is 11.6 Å². The van der Waals surface area contributed by atoms with Crippen molar-refractivity contribution >= 4 is 40.9 Å². The molecular formula is C43H51ClN4O7. The van der Waals surface area contributed by atoms with Gasteiger partial charge in [-0.25, -0.2) is 0 Å². The molecule has 7 rings (SSSR count). The van der Waals surface area contributed by atoms with Crippen LogP contribution in [0.2, 0.25) is 0 Å². The molecular weight excluding hydrogens is 720 g/mol. The van der Waals surface area contributed by atoms with Gasteiger partial charge in [-0.2, -0.15) is 0 Å². The van der Waals surface area contributed by atoms with Crippen molar-refractivity contribution in [2.75, 3.05) is 56.7 Å². The number of imide groups is 2. The van der Waals surface area contributed by atoms with E-state index in [0.29, 0.717) is 28.7 Å². The molecule has 4 aliphatic heterocycles. The number of amides is 4. The minimum absolute atomic E-state index is 0.103. The van der Waals surface area contributed by atoms with Gasteiger partial charge >= 0.3 is 0 Å². The molecule has 55 heavy (non-hydrogen) atoms. The number of benzene rings is 3. The number of rotatable bonds is 13. The van der Waals surface area contributed by atoms with Crippen LogP contribution < -0.4 is 19.7 Å². The standard InChI is InChI=1S/C43H51ClN4O7/c1-43(2,31-5-10-35(11-6-31)55-27-33(49)24-44)30-3-8-34(9-4-30)54-26-29-15-19-46(20-16-29)25-28-17-21-47(22-18-28)32-7-12-36-37(23-32)42(53)48(41(36)52)38-13-14-39(50)45-40(38)51/h3-12,23,28-29,33,38,49H,13-22,24-27H2,1-2H3,(H,45,50,51). The third-order valence-electron chi connectivity index (χ3n) is 11.9. The number of halogens is 1. The SMILES string of the molecule is CC(C)(c1ccc(OCC(O)CCl)cc1)c1ccc(OCC2CCN(CC3CCN(c4ccc5c(c4)C(=O)N(C4CCC(=O)NC4=O)C5=O)CC3)CC2)cc1. The highest BCUT2D eigenvalue weighted by Crippen LogP contribution is 2.35. The van der Waals surface area contributed by atoms with Crippen molar-refractivity contribution in [3.63, 3.8) is 0 Å². The molecule has 4 aliphatic rings. The van der Waals surface area contributed by atoms with Gasteiger partial charge in [0.15, 0.2) is 0 Å². The van der Waals surface area contributed by atoms with Crippen LogP contribution in [-0.2, 0) is 15.0 Å². The highest BCUT2D eigenvalue weighted by molar-refractivity contribution is 6.23. The number of likely N-dealkylation sites (tertiary alicyclic amines) is 1. The summed E-state index contributed by atoms with van der Waals surface area (Å²) < 4.78 is 11.9. The molecule has 0 radical (unpaired) electrons. The molecule has 12 heteroatoms. The van der Waals surface area contributed by atoms with E-state index in [2.05, 4.69) is 65.4 Å². The number of aliphatic hydroxyl groups is 1. The van der Waals surface area contributed by atoms with E-state index in [1.165, 1.54) is 11.1 Å². The van der Waals surface area contributed by atoms with Gasteiger partial charge in [0.2, 0.25) is 11.8 Å². The van der Waals surface area contributed by atoms with E-state index in [1.54, 1.807) is 12.1 Å². The maximum Gasteiger partial charge on any atom is 0.262 e. The number of anilines is 1. The lowest BCUT2D eigenvalue weighted by Crippen LogP contribution is -2.54. The van der Waals surface area contributed by atoms with Crippen LogP contribution in [-0.4, -0.2) is 102 Å². The Morgan fingerprint density at radius 1 is 0.782 bits per heavy atom. The van der Waals surface area contributed by atoms with Crippen LogP contribution >= 0.6 is 11.6 Å². The lowest BCUT2D eigenvalue weighted by Gasteiger charge is -2.38. The highest BCUT2D eigenvalue weighted by atomic mass is 35.5. The van der Waals surface area contributed by atoms with Crippen LogP contribution in [0, 0.1) is 11.8 Å². The lowest BCUT2D eigenvalue weighted by molar-refractivity contribution is -0.136. The first-order valence-corrected chi connectivity index (χ1v) is 20.1. The molecule has 3 aromatic carbocycles. The smallest absolute Gasteiger partial charge is 0.262 e. The zero-order chi connectivity index (χ0) is 38.7. The fraction of sp³-hybridized carbons (Fsp3) is 0.488. The maximum atomic E-state index is 13.3. The summed E-state index contributed by atoms with van der Waals surface area (Å²) in [6.07, 6.45) is 3.92. The maximum absolute atomic E-state index is 13.3. The van der Waals surface area contributed by atoms with Crippen molar-refractivity contribution < 1.29 is 33.8 Å². The third kappa shape index (κ3) is 8.69. The number of carbonyl (C=O) groups excluding carboxylic acids is 4. The van der Waals surface area contributed by atoms with Gasteiger partial charge in [0.1, 0.15) is 30.3 Å². The Morgan fingerprint density at radius 3 is 2.00 bits per heavy atom. The Kier molecular flexibility index (Phi) is 11.8. The summed E-state index contributed by atoms with van der Waals surface area (Å²) >= 11 is 5.66. The molecule has 3 saturated heterocycles. The molecule has 0 aliphatic carbocycles. The predicted molar refractivity (Wildman–Crippen MR) is 210 cm³/mol. The molecule has 3 fully saturated rings. The summed E-state index contributed by atoms with van der Waals surface area (Å²) in [4.78, 5) is 56.3. The average molecular weight is 771 g/mol. The monoisotopic (exact) mass is 770 g/mol. The Bertz CT molecular complexity index is 1870. The number of alkyl halides is 1. The molecule has 0 aromatic heterocycles. The van der Waals surface area contributed by atoms with Crippen molar-refractivity contribution in [2.24, 2.45) is 11.8 Å². The Morgan fingerprint density at radius 2 is 1.38 bits per heavy atom. The van der Waals surface area contributed by atoms with E-state index in [0.717, 1.165) is 81.4 Å². The van der Waals surface area contributed by atoms with Crippen molar-refractivity contribution in [1.29, 1.82) is 0 Å². The Hall–Kier alpha value is -4.45. The van der Waals surface area contributed by atoms with Gasteiger partial charge in [-0.1, -0.05) is 38.1 Å². The van der Waals surface area contributed by atoms with Crippen LogP contribution in [0.15, 0.2) is 66.7 Å². The fourth-order valence-electron chi connectivity index (χ4n) is 8.28. The summed E-state index contributed by atoms with van der Waals surface area (Å²) in [5.74, 6) is 0.951. The van der Waals surface area contributed by atoms with E-state index >= 15 is 0 Å². The van der Waals surface area contributed by atoms with Crippen LogP contribution in [0.4, 0.5) is 5.69 Å². The normalized spacial score (nSPS) is 20.8. The number of nitrogens with one attached hydrogen (secondary N) is 1. The van der Waals surface area contributed by atoms with Gasteiger partial charge in [-0.3, -0.25) is 29.4 Å². The van der Waals surface area contributed by atoms with Crippen LogP contribution in [0.3, 0.4) is 0 Å². The molecule has 292 valence electrons. The van der Waals surface area contributed by atoms with Crippen LogP contribution in [0.5, 0.6) is 11.5 Å². The minimum Gasteiger partial charge on any atom is -0.493 e. The quantitative estimate of drug-likeness (QED) is 0.174. The first-order chi connectivity index (χ1) is 26.5. The summed E-state index contributed by atoms with van der Waals surface area (Å²) in [6, 6.07) is 20.8. The predicted octanol–water partition coefficient (Wildman–Crippen LogP) is 5.40. The Balaban J connectivity index is 0.829. The molecule has 2 unspecified atom stereocenters. The molecule has 0 spiro atoms. The van der Waals surface area contributed by atoms with E-state index in [1.807, 2.05) is 18.2 Å². The van der Waals surface area contributed by atoms with Gasteiger partial charge in [0, 0.05) is 37.2 Å². The van der Waals surface area contributed by atoms with E-state index in [-0.39, 0.29) is 36.7 Å². The van der Waals surface area contributed by atoms with Crippen LogP contribution in [0.25, 0.3) is 0 Å². The number of nitrogens with zero attached hydrogens (tertiary/aromatic N) is 3. The molecule has 0 saturated carbocycles. The number of aliphatic hydroxyl groups excluding tert-OH is 1. The molecule has 2 N–H and O–H groups in total. The number of carbonyl (C=O) groups is 4. The number of fused-ring (bicyclic) bond motifs is 1. The molecule has 0 bridgehead atoms. The molecule has 3 aromatic rings. The van der Waals surface area contributed by atoms with Crippen molar-refractivity contribution in [3.05, 3.63) is 89.0 Å². The fourth-order valence-corrected chi connectivity index (χ4v) is 8.37. The minimum atomic E-state index is -0.958. The molecule has 4 heterocycles. The van der Waals surface area contributed by atoms with Gasteiger partial charge < -0.3 is 24.4 Å². The summed E-state index contributed by atoms with van der Waals surface area (Å²) in [5.41, 5.74) is 3.72. The van der Waals surface area contributed by atoms with Crippen LogP contribution in [0.1, 0.15) is 84.2 Å². The van der Waals surface area contributed by atoms with Gasteiger partial charge in [-0.05, 0) is 111 Å². The zero-order valence-corrected chi connectivity index (χ0v) is 32.4. The second-order valence-electron chi connectivity index (χ2n) is 16.0. The summed E-state index contributed by atoms with van der Waals surface area (Å²) in [6.45, 7) is 10.3. The van der Waals surface area contributed by atoms with E-state index in [9.17, 15) is 24.3 Å². The topological polar surface area (TPSA) is 129 Å². The second-order valence-corrected chi connectivity index (χ2v) is 16.3. The van der Waals surface area contributed by atoms with E-state index in [4.69, 9.17) is 21.1 Å². The first-order valence-electron chi connectivity index (χ1n) is 19.5. The largest absolute Gasteiger partial charge is 0.493 e.